The molecule has 0 bridgehead atoms. The highest BCUT2D eigenvalue weighted by molar-refractivity contribution is 7.98. The Hall–Kier alpha value is -1.05. The van der Waals surface area contributed by atoms with Gasteiger partial charge in [-0.15, -0.1) is 0 Å². The lowest BCUT2D eigenvalue weighted by Gasteiger charge is -2.15. The van der Waals surface area contributed by atoms with E-state index in [0.29, 0.717) is 5.75 Å². The van der Waals surface area contributed by atoms with Gasteiger partial charge in [-0.3, -0.25) is 4.79 Å². The maximum atomic E-state index is 12.3. The molecule has 0 aliphatic heterocycles. The van der Waals surface area contributed by atoms with E-state index in [-0.39, 0.29) is 11.3 Å². The Morgan fingerprint density at radius 3 is 2.76 bits per heavy atom. The van der Waals surface area contributed by atoms with Crippen LogP contribution in [0.3, 0.4) is 0 Å². The van der Waals surface area contributed by atoms with Crippen LogP contribution in [-0.4, -0.2) is 37.5 Å². The first-order valence-electron chi connectivity index (χ1n) is 6.80. The SMILES string of the molecule is CSCCC(NS(=O)(=O)c1ccc2c(c1)CCC2)C(=O)O. The highest BCUT2D eigenvalue weighted by Gasteiger charge is 2.26. The first kappa shape index (κ1) is 16.3. The quantitative estimate of drug-likeness (QED) is 0.795. The van der Waals surface area contributed by atoms with Gasteiger partial charge >= 0.3 is 5.97 Å². The second-order valence-electron chi connectivity index (χ2n) is 5.08. The number of carboxylic acid groups (broad SMARTS) is 1. The molecule has 5 nitrogen and oxygen atoms in total. The molecule has 0 radical (unpaired) electrons. The molecule has 1 aromatic rings. The molecule has 2 N–H and O–H groups in total. The third kappa shape index (κ3) is 3.99. The van der Waals surface area contributed by atoms with Crippen molar-refractivity contribution in [2.75, 3.05) is 12.0 Å². The Morgan fingerprint density at radius 2 is 2.10 bits per heavy atom. The van der Waals surface area contributed by atoms with E-state index < -0.39 is 22.0 Å². The lowest BCUT2D eigenvalue weighted by molar-refractivity contribution is -0.139. The van der Waals surface area contributed by atoms with E-state index in [1.807, 2.05) is 12.3 Å². The number of hydrogen-bond donors (Lipinski definition) is 2. The van der Waals surface area contributed by atoms with Gasteiger partial charge in [0.05, 0.1) is 4.90 Å². The summed E-state index contributed by atoms with van der Waals surface area (Å²) in [5.41, 5.74) is 2.24. The number of hydrogen-bond acceptors (Lipinski definition) is 4. The summed E-state index contributed by atoms with van der Waals surface area (Å²) in [5, 5.41) is 9.13. The fourth-order valence-corrected chi connectivity index (χ4v) is 4.18. The van der Waals surface area contributed by atoms with Crippen LogP contribution in [0.15, 0.2) is 23.1 Å². The van der Waals surface area contributed by atoms with Crippen molar-refractivity contribution in [2.45, 2.75) is 36.6 Å². The van der Waals surface area contributed by atoms with Gasteiger partial charge in [0.15, 0.2) is 0 Å². The zero-order chi connectivity index (χ0) is 15.5. The molecular formula is C14H19NO4S2. The second-order valence-corrected chi connectivity index (χ2v) is 7.78. The molecule has 1 unspecified atom stereocenters. The van der Waals surface area contributed by atoms with E-state index in [4.69, 9.17) is 5.11 Å². The van der Waals surface area contributed by atoms with Crippen molar-refractivity contribution in [1.82, 2.24) is 4.72 Å². The summed E-state index contributed by atoms with van der Waals surface area (Å²) >= 11 is 1.49. The number of nitrogens with one attached hydrogen (secondary N) is 1. The number of sulfonamides is 1. The molecule has 1 aromatic carbocycles. The van der Waals surface area contributed by atoms with Crippen LogP contribution in [0.2, 0.25) is 0 Å². The molecular weight excluding hydrogens is 310 g/mol. The van der Waals surface area contributed by atoms with Crippen molar-refractivity contribution in [3.05, 3.63) is 29.3 Å². The van der Waals surface area contributed by atoms with Crippen molar-refractivity contribution < 1.29 is 18.3 Å². The minimum Gasteiger partial charge on any atom is -0.480 e. The second kappa shape index (κ2) is 6.81. The largest absolute Gasteiger partial charge is 0.480 e. The smallest absolute Gasteiger partial charge is 0.321 e. The van der Waals surface area contributed by atoms with Gasteiger partial charge in [-0.2, -0.15) is 16.5 Å². The molecule has 0 saturated carbocycles. The van der Waals surface area contributed by atoms with Crippen LogP contribution >= 0.6 is 11.8 Å². The predicted molar refractivity (Wildman–Crippen MR) is 83.2 cm³/mol. The predicted octanol–water partition coefficient (Wildman–Crippen LogP) is 1.66. The van der Waals surface area contributed by atoms with Gasteiger partial charge in [-0.05, 0) is 61.0 Å². The molecule has 1 aliphatic rings. The molecule has 0 aromatic heterocycles. The molecule has 0 heterocycles. The molecule has 21 heavy (non-hydrogen) atoms. The molecule has 0 fully saturated rings. The van der Waals surface area contributed by atoms with Crippen LogP contribution in [0.1, 0.15) is 24.0 Å². The number of aryl methyl sites for hydroxylation is 2. The Bertz CT molecular complexity index is 628. The third-order valence-electron chi connectivity index (χ3n) is 3.59. The van der Waals surface area contributed by atoms with Gasteiger partial charge in [0, 0.05) is 0 Å². The van der Waals surface area contributed by atoms with Gasteiger partial charge in [-0.1, -0.05) is 6.07 Å². The number of thioether (sulfide) groups is 1. The molecule has 2 rings (SSSR count). The van der Waals surface area contributed by atoms with Crippen LogP contribution in [0.4, 0.5) is 0 Å². The minimum absolute atomic E-state index is 0.151. The maximum absolute atomic E-state index is 12.3. The summed E-state index contributed by atoms with van der Waals surface area (Å²) in [6, 6.07) is 3.96. The standard InChI is InChI=1S/C14H19NO4S2/c1-20-8-7-13(14(16)17)15-21(18,19)12-6-5-10-3-2-4-11(10)9-12/h5-6,9,13,15H,2-4,7-8H2,1H3,(H,16,17). The fourth-order valence-electron chi connectivity index (χ4n) is 2.44. The van der Waals surface area contributed by atoms with Crippen molar-refractivity contribution in [1.29, 1.82) is 0 Å². The summed E-state index contributed by atoms with van der Waals surface area (Å²) in [6.45, 7) is 0. The third-order valence-corrected chi connectivity index (χ3v) is 5.70. The van der Waals surface area contributed by atoms with Crippen molar-refractivity contribution in [3.63, 3.8) is 0 Å². The molecule has 0 saturated heterocycles. The highest BCUT2D eigenvalue weighted by Crippen LogP contribution is 2.24. The van der Waals surface area contributed by atoms with E-state index in [9.17, 15) is 13.2 Å². The molecule has 0 spiro atoms. The average Bonchev–Trinajstić information content (AvgIpc) is 2.90. The van der Waals surface area contributed by atoms with Gasteiger partial charge in [0.2, 0.25) is 10.0 Å². The summed E-state index contributed by atoms with van der Waals surface area (Å²) in [6.07, 6.45) is 5.02. The number of rotatable bonds is 7. The number of carboxylic acids is 1. The van der Waals surface area contributed by atoms with E-state index in [1.54, 1.807) is 12.1 Å². The molecule has 1 atom stereocenters. The fraction of sp³-hybridized carbons (Fsp3) is 0.500. The Kier molecular flexibility index (Phi) is 5.29. The minimum atomic E-state index is -3.80. The first-order chi connectivity index (χ1) is 9.94. The zero-order valence-corrected chi connectivity index (χ0v) is 13.5. The van der Waals surface area contributed by atoms with E-state index >= 15 is 0 Å². The van der Waals surface area contributed by atoms with E-state index in [2.05, 4.69) is 4.72 Å². The van der Waals surface area contributed by atoms with Crippen LogP contribution < -0.4 is 4.72 Å². The van der Waals surface area contributed by atoms with E-state index in [1.165, 1.54) is 17.3 Å². The Balaban J connectivity index is 2.18. The van der Waals surface area contributed by atoms with Crippen molar-refractivity contribution in [2.24, 2.45) is 0 Å². The highest BCUT2D eigenvalue weighted by atomic mass is 32.2. The summed E-state index contributed by atoms with van der Waals surface area (Å²) in [7, 11) is -3.80. The zero-order valence-electron chi connectivity index (χ0n) is 11.8. The van der Waals surface area contributed by atoms with Gasteiger partial charge < -0.3 is 5.11 Å². The van der Waals surface area contributed by atoms with Crippen molar-refractivity contribution >= 4 is 27.8 Å². The first-order valence-corrected chi connectivity index (χ1v) is 9.67. The molecule has 0 amide bonds. The Labute approximate surface area is 129 Å². The van der Waals surface area contributed by atoms with Gasteiger partial charge in [0.1, 0.15) is 6.04 Å². The normalized spacial score (nSPS) is 15.7. The molecule has 1 aliphatic carbocycles. The van der Waals surface area contributed by atoms with Gasteiger partial charge in [-0.25, -0.2) is 8.42 Å². The maximum Gasteiger partial charge on any atom is 0.321 e. The van der Waals surface area contributed by atoms with Crippen molar-refractivity contribution in [3.8, 4) is 0 Å². The molecule has 116 valence electrons. The van der Waals surface area contributed by atoms with Crippen LogP contribution in [0.25, 0.3) is 0 Å². The summed E-state index contributed by atoms with van der Waals surface area (Å²) < 4.78 is 27.0. The number of carbonyl (C=O) groups is 1. The van der Waals surface area contributed by atoms with Gasteiger partial charge in [0.25, 0.3) is 0 Å². The lowest BCUT2D eigenvalue weighted by atomic mass is 10.1. The van der Waals surface area contributed by atoms with Crippen LogP contribution in [-0.2, 0) is 27.7 Å². The number of fused-ring (bicyclic) bond motifs is 1. The summed E-state index contributed by atoms with van der Waals surface area (Å²) in [4.78, 5) is 11.3. The number of benzene rings is 1. The summed E-state index contributed by atoms with van der Waals surface area (Å²) in [5.74, 6) is -0.558. The topological polar surface area (TPSA) is 83.5 Å². The lowest BCUT2D eigenvalue weighted by Crippen LogP contribution is -2.41. The van der Waals surface area contributed by atoms with Crippen LogP contribution in [0.5, 0.6) is 0 Å². The number of aliphatic carboxylic acids is 1. The molecule has 7 heteroatoms. The van der Waals surface area contributed by atoms with Crippen LogP contribution in [0, 0.1) is 0 Å². The Morgan fingerprint density at radius 1 is 1.38 bits per heavy atom. The van der Waals surface area contributed by atoms with E-state index in [0.717, 1.165) is 24.8 Å². The average molecular weight is 329 g/mol. The monoisotopic (exact) mass is 329 g/mol.